The number of amides is 1. The minimum atomic E-state index is -3.60. The van der Waals surface area contributed by atoms with E-state index in [-0.39, 0.29) is 25.8 Å². The van der Waals surface area contributed by atoms with E-state index in [4.69, 9.17) is 15.6 Å². The molecule has 1 fully saturated rings. The molecule has 1 rings (SSSR count). The maximum atomic E-state index is 10.7. The molecule has 0 saturated carbocycles. The maximum absolute atomic E-state index is 10.7. The van der Waals surface area contributed by atoms with Crippen molar-refractivity contribution in [2.45, 2.75) is 6.10 Å². The Morgan fingerprint density at radius 2 is 2.08 bits per heavy atom. The molecule has 7 nitrogen and oxygen atoms in total. The topological polar surface area (TPSA) is 116 Å². The fraction of sp³-hybridized carbons (Fsp3) is 0.800. The minimum absolute atomic E-state index is 0.187. The minimum Gasteiger partial charge on any atom is -0.368 e. The van der Waals surface area contributed by atoms with Crippen LogP contribution in [0.1, 0.15) is 0 Å². The molecule has 0 radical (unpaired) electrons. The molecule has 13 heavy (non-hydrogen) atoms. The summed E-state index contributed by atoms with van der Waals surface area (Å²) in [6.45, 7) is 0.182. The molecule has 0 spiro atoms. The Hall–Kier alpha value is -0.700. The van der Waals surface area contributed by atoms with Gasteiger partial charge in [-0.3, -0.25) is 4.79 Å². The molecule has 0 aromatic heterocycles. The summed E-state index contributed by atoms with van der Waals surface area (Å²) in [5.74, 6) is -0.575. The number of hydrogen-bond acceptors (Lipinski definition) is 4. The first-order valence-corrected chi connectivity index (χ1v) is 5.07. The van der Waals surface area contributed by atoms with Crippen LogP contribution in [0.5, 0.6) is 0 Å². The number of ether oxygens (including phenoxy) is 1. The van der Waals surface area contributed by atoms with E-state index in [9.17, 15) is 13.2 Å². The number of primary amides is 1. The van der Waals surface area contributed by atoms with E-state index in [1.165, 1.54) is 0 Å². The third-order valence-corrected chi connectivity index (χ3v) is 2.65. The molecule has 0 aromatic carbocycles. The highest BCUT2D eigenvalue weighted by atomic mass is 32.2. The number of carbonyl (C=O) groups is 1. The highest BCUT2D eigenvalue weighted by Gasteiger charge is 2.34. The molecule has 8 heteroatoms. The van der Waals surface area contributed by atoms with Crippen molar-refractivity contribution in [1.29, 1.82) is 0 Å². The molecule has 1 heterocycles. The summed E-state index contributed by atoms with van der Waals surface area (Å²) in [7, 11) is -3.60. The fourth-order valence-corrected chi connectivity index (χ4v) is 1.66. The summed E-state index contributed by atoms with van der Waals surface area (Å²) >= 11 is 0. The Kier molecular flexibility index (Phi) is 2.86. The fourth-order valence-electron chi connectivity index (χ4n) is 0.914. The van der Waals surface area contributed by atoms with Gasteiger partial charge in [-0.15, -0.1) is 0 Å². The van der Waals surface area contributed by atoms with E-state index in [0.29, 0.717) is 0 Å². The van der Waals surface area contributed by atoms with Crippen LogP contribution in [0.3, 0.4) is 0 Å². The van der Waals surface area contributed by atoms with Gasteiger partial charge in [0.25, 0.3) is 10.2 Å². The Morgan fingerprint density at radius 1 is 1.54 bits per heavy atom. The number of rotatable bonds is 4. The summed E-state index contributed by atoms with van der Waals surface area (Å²) in [5.41, 5.74) is 4.82. The van der Waals surface area contributed by atoms with Crippen LogP contribution in [0, 0.1) is 0 Å². The molecule has 0 aliphatic carbocycles. The van der Waals surface area contributed by atoms with Gasteiger partial charge in [-0.25, -0.2) is 5.14 Å². The van der Waals surface area contributed by atoms with Crippen LogP contribution in [0.4, 0.5) is 0 Å². The van der Waals surface area contributed by atoms with Gasteiger partial charge in [-0.05, 0) is 0 Å². The molecular formula is C5H11N3O4S. The van der Waals surface area contributed by atoms with Crippen molar-refractivity contribution in [3.8, 4) is 0 Å². The van der Waals surface area contributed by atoms with Gasteiger partial charge in [0.2, 0.25) is 5.91 Å². The van der Waals surface area contributed by atoms with Gasteiger partial charge in [0.1, 0.15) is 6.61 Å². The van der Waals surface area contributed by atoms with Crippen LogP contribution >= 0.6 is 0 Å². The van der Waals surface area contributed by atoms with Crippen LogP contribution in [0.2, 0.25) is 0 Å². The van der Waals surface area contributed by atoms with Gasteiger partial charge in [0.05, 0.1) is 6.10 Å². The molecule has 1 aliphatic rings. The van der Waals surface area contributed by atoms with Gasteiger partial charge in [-0.1, -0.05) is 0 Å². The molecule has 0 aromatic rings. The highest BCUT2D eigenvalue weighted by Crippen LogP contribution is 2.13. The second-order valence-electron chi connectivity index (χ2n) is 2.76. The molecule has 1 saturated heterocycles. The third kappa shape index (κ3) is 2.92. The van der Waals surface area contributed by atoms with Gasteiger partial charge in [0, 0.05) is 13.1 Å². The molecular weight excluding hydrogens is 198 g/mol. The average Bonchev–Trinajstić information content (AvgIpc) is 1.79. The Labute approximate surface area is 75.8 Å². The third-order valence-electron chi connectivity index (χ3n) is 1.64. The van der Waals surface area contributed by atoms with Gasteiger partial charge >= 0.3 is 0 Å². The van der Waals surface area contributed by atoms with Crippen molar-refractivity contribution in [2.75, 3.05) is 19.7 Å². The lowest BCUT2D eigenvalue weighted by molar-refractivity contribution is -0.127. The summed E-state index contributed by atoms with van der Waals surface area (Å²) in [5, 5.41) is 4.81. The smallest absolute Gasteiger partial charge is 0.277 e. The SMILES string of the molecule is NC(=O)COC1CN(S(N)(=O)=O)C1. The van der Waals surface area contributed by atoms with Crippen molar-refractivity contribution >= 4 is 16.1 Å². The van der Waals surface area contributed by atoms with Gasteiger partial charge in [0.15, 0.2) is 0 Å². The van der Waals surface area contributed by atoms with Crippen molar-refractivity contribution in [2.24, 2.45) is 10.9 Å². The Balaban J connectivity index is 2.23. The first kappa shape index (κ1) is 10.4. The van der Waals surface area contributed by atoms with Crippen molar-refractivity contribution in [1.82, 2.24) is 4.31 Å². The molecule has 76 valence electrons. The highest BCUT2D eigenvalue weighted by molar-refractivity contribution is 7.86. The molecule has 0 unspecified atom stereocenters. The second-order valence-corrected chi connectivity index (χ2v) is 4.31. The van der Waals surface area contributed by atoms with Crippen molar-refractivity contribution < 1.29 is 17.9 Å². The van der Waals surface area contributed by atoms with Crippen LogP contribution < -0.4 is 10.9 Å². The molecule has 0 atom stereocenters. The first-order chi connectivity index (χ1) is 5.89. The lowest BCUT2D eigenvalue weighted by Crippen LogP contribution is -2.57. The predicted octanol–water partition coefficient (Wildman–Crippen LogP) is -2.62. The van der Waals surface area contributed by atoms with Crippen LogP contribution in [0.15, 0.2) is 0 Å². The summed E-state index contributed by atoms with van der Waals surface area (Å²) < 4.78 is 27.3. The summed E-state index contributed by atoms with van der Waals surface area (Å²) in [6.07, 6.45) is -0.272. The first-order valence-electron chi connectivity index (χ1n) is 3.57. The number of nitrogens with zero attached hydrogens (tertiary/aromatic N) is 1. The van der Waals surface area contributed by atoms with Gasteiger partial charge < -0.3 is 10.5 Å². The van der Waals surface area contributed by atoms with Crippen LogP contribution in [-0.2, 0) is 19.7 Å². The Morgan fingerprint density at radius 3 is 2.46 bits per heavy atom. The molecule has 1 amide bonds. The lowest BCUT2D eigenvalue weighted by atomic mass is 10.2. The Bertz CT molecular complexity index is 295. The lowest BCUT2D eigenvalue weighted by Gasteiger charge is -2.35. The standard InChI is InChI=1S/C5H11N3O4S/c6-5(9)3-12-4-1-8(2-4)13(7,10)11/h4H,1-3H2,(H2,6,9)(H2,7,10,11). The molecule has 0 bridgehead atoms. The normalized spacial score (nSPS) is 19.8. The van der Waals surface area contributed by atoms with Crippen molar-refractivity contribution in [3.63, 3.8) is 0 Å². The summed E-state index contributed by atoms with van der Waals surface area (Å²) in [6, 6.07) is 0. The van der Waals surface area contributed by atoms with E-state index in [2.05, 4.69) is 0 Å². The predicted molar refractivity (Wildman–Crippen MR) is 43.6 cm³/mol. The van der Waals surface area contributed by atoms with E-state index >= 15 is 0 Å². The van der Waals surface area contributed by atoms with Crippen LogP contribution in [-0.4, -0.2) is 44.4 Å². The average molecular weight is 209 g/mol. The number of hydrogen-bond donors (Lipinski definition) is 2. The van der Waals surface area contributed by atoms with E-state index in [0.717, 1.165) is 4.31 Å². The maximum Gasteiger partial charge on any atom is 0.277 e. The number of carbonyl (C=O) groups excluding carboxylic acids is 1. The monoisotopic (exact) mass is 209 g/mol. The van der Waals surface area contributed by atoms with E-state index < -0.39 is 16.1 Å². The zero-order valence-electron chi connectivity index (χ0n) is 6.84. The quantitative estimate of drug-likeness (QED) is 0.527. The van der Waals surface area contributed by atoms with E-state index in [1.807, 2.05) is 0 Å². The van der Waals surface area contributed by atoms with Gasteiger partial charge in [-0.2, -0.15) is 12.7 Å². The van der Waals surface area contributed by atoms with E-state index in [1.54, 1.807) is 0 Å². The molecule has 4 N–H and O–H groups in total. The van der Waals surface area contributed by atoms with Crippen molar-refractivity contribution in [3.05, 3.63) is 0 Å². The summed E-state index contributed by atoms with van der Waals surface area (Å²) in [4.78, 5) is 10.3. The second kappa shape index (κ2) is 3.58. The number of nitrogens with two attached hydrogens (primary N) is 2. The largest absolute Gasteiger partial charge is 0.368 e. The van der Waals surface area contributed by atoms with Crippen LogP contribution in [0.25, 0.3) is 0 Å². The zero-order valence-corrected chi connectivity index (χ0v) is 7.66. The zero-order chi connectivity index (χ0) is 10.1. The molecule has 1 aliphatic heterocycles.